The topological polar surface area (TPSA) is 76.4 Å². The normalized spacial score (nSPS) is 21.3. The summed E-state index contributed by atoms with van der Waals surface area (Å²) in [5.74, 6) is 0.235. The van der Waals surface area contributed by atoms with Crippen LogP contribution >= 0.6 is 0 Å². The molecule has 1 spiro atoms. The van der Waals surface area contributed by atoms with E-state index in [2.05, 4.69) is 5.32 Å². The molecule has 4 rings (SSSR count). The molecule has 3 saturated heterocycles. The second-order valence-corrected chi connectivity index (χ2v) is 8.59. The highest BCUT2D eigenvalue weighted by Gasteiger charge is 2.50. The highest BCUT2D eigenvalue weighted by atomic mass is 19.4. The molecular weight excluding hydrogens is 397 g/mol. The van der Waals surface area contributed by atoms with Crippen molar-refractivity contribution in [2.45, 2.75) is 43.8 Å². The van der Waals surface area contributed by atoms with Gasteiger partial charge in [0, 0.05) is 32.6 Å². The third-order valence-electron chi connectivity index (χ3n) is 6.41. The van der Waals surface area contributed by atoms with Gasteiger partial charge < -0.3 is 15.1 Å². The summed E-state index contributed by atoms with van der Waals surface area (Å²) in [6.07, 6.45) is -1.33. The third kappa shape index (κ3) is 3.95. The zero-order valence-corrected chi connectivity index (χ0v) is 16.5. The highest BCUT2D eigenvalue weighted by molar-refractivity contribution is 5.82. The number of nitrogens with zero attached hydrogens (tertiary/aromatic N) is 3. The maximum atomic E-state index is 13.2. The summed E-state index contributed by atoms with van der Waals surface area (Å²) in [5, 5.41) is 11.9. The van der Waals surface area contributed by atoms with Crippen molar-refractivity contribution in [2.75, 3.05) is 26.2 Å². The van der Waals surface area contributed by atoms with Gasteiger partial charge in [-0.3, -0.25) is 4.79 Å². The zero-order chi connectivity index (χ0) is 21.5. The standard InChI is InChI=1S/C21H23F3N4O2/c22-21(23,24)17-10-15(1-2-16(17)11-25)9-14-4-7-27(8-5-14)19(30)28-12-20(13-28)6-3-18(29)26-20/h1-2,10,14H,3-9,12-13H2,(H,26,29). The molecule has 0 unspecified atom stereocenters. The minimum absolute atomic E-state index is 0.0297. The Kier molecular flexibility index (Phi) is 5.12. The van der Waals surface area contributed by atoms with Gasteiger partial charge in [-0.25, -0.2) is 4.79 Å². The van der Waals surface area contributed by atoms with Crippen LogP contribution in [0.2, 0.25) is 0 Å². The predicted molar refractivity (Wildman–Crippen MR) is 101 cm³/mol. The molecule has 3 fully saturated rings. The number of likely N-dealkylation sites (tertiary alicyclic amines) is 2. The summed E-state index contributed by atoms with van der Waals surface area (Å²) >= 11 is 0. The zero-order valence-electron chi connectivity index (χ0n) is 16.5. The number of nitriles is 1. The van der Waals surface area contributed by atoms with Crippen LogP contribution in [0.25, 0.3) is 0 Å². The van der Waals surface area contributed by atoms with E-state index in [-0.39, 0.29) is 29.0 Å². The fraction of sp³-hybridized carbons (Fsp3) is 0.571. The average molecular weight is 420 g/mol. The fourth-order valence-electron chi connectivity index (χ4n) is 4.74. The molecule has 0 aliphatic carbocycles. The Morgan fingerprint density at radius 3 is 2.50 bits per heavy atom. The molecule has 0 aromatic heterocycles. The quantitative estimate of drug-likeness (QED) is 0.799. The van der Waals surface area contributed by atoms with Gasteiger partial charge in [0.15, 0.2) is 0 Å². The molecule has 160 valence electrons. The number of urea groups is 1. The Labute approximate surface area is 172 Å². The van der Waals surface area contributed by atoms with Crippen LogP contribution in [-0.4, -0.2) is 53.5 Å². The molecule has 3 aliphatic heterocycles. The fourth-order valence-corrected chi connectivity index (χ4v) is 4.74. The highest BCUT2D eigenvalue weighted by Crippen LogP contribution is 2.34. The maximum Gasteiger partial charge on any atom is 0.417 e. The van der Waals surface area contributed by atoms with Gasteiger partial charge in [-0.2, -0.15) is 18.4 Å². The van der Waals surface area contributed by atoms with Gasteiger partial charge in [-0.05, 0) is 49.3 Å². The van der Waals surface area contributed by atoms with E-state index in [0.29, 0.717) is 44.6 Å². The molecule has 1 aromatic carbocycles. The van der Waals surface area contributed by atoms with E-state index < -0.39 is 11.7 Å². The smallest absolute Gasteiger partial charge is 0.347 e. The summed E-state index contributed by atoms with van der Waals surface area (Å²) in [6, 6.07) is 5.47. The number of nitrogens with one attached hydrogen (secondary N) is 1. The van der Waals surface area contributed by atoms with E-state index in [9.17, 15) is 22.8 Å². The van der Waals surface area contributed by atoms with Crippen molar-refractivity contribution in [2.24, 2.45) is 5.92 Å². The number of rotatable bonds is 2. The Morgan fingerprint density at radius 2 is 1.93 bits per heavy atom. The summed E-state index contributed by atoms with van der Waals surface area (Å²) in [5.41, 5.74) is -0.928. The van der Waals surface area contributed by atoms with Crippen LogP contribution in [0.4, 0.5) is 18.0 Å². The number of alkyl halides is 3. The number of benzene rings is 1. The van der Waals surface area contributed by atoms with Crippen LogP contribution in [-0.2, 0) is 17.4 Å². The van der Waals surface area contributed by atoms with Crippen LogP contribution < -0.4 is 5.32 Å². The molecule has 0 atom stereocenters. The van der Waals surface area contributed by atoms with Crippen molar-refractivity contribution >= 4 is 11.9 Å². The lowest BCUT2D eigenvalue weighted by Gasteiger charge is -2.49. The van der Waals surface area contributed by atoms with Crippen LogP contribution in [0.1, 0.15) is 42.4 Å². The van der Waals surface area contributed by atoms with Crippen molar-refractivity contribution in [1.82, 2.24) is 15.1 Å². The lowest BCUT2D eigenvalue weighted by Crippen LogP contribution is -2.70. The Balaban J connectivity index is 1.30. The SMILES string of the molecule is N#Cc1ccc(CC2CCN(C(=O)N3CC4(CCC(=O)N4)C3)CC2)cc1C(F)(F)F. The number of piperidine rings is 1. The lowest BCUT2D eigenvalue weighted by atomic mass is 9.87. The minimum atomic E-state index is -4.55. The summed E-state index contributed by atoms with van der Waals surface area (Å²) < 4.78 is 39.5. The van der Waals surface area contributed by atoms with Gasteiger partial charge in [-0.15, -0.1) is 0 Å². The first kappa shape index (κ1) is 20.5. The molecule has 6 nitrogen and oxygen atoms in total. The number of carbonyl (C=O) groups is 2. The first-order chi connectivity index (χ1) is 14.2. The number of hydrogen-bond acceptors (Lipinski definition) is 3. The Hall–Kier alpha value is -2.76. The van der Waals surface area contributed by atoms with E-state index in [1.807, 2.05) is 0 Å². The largest absolute Gasteiger partial charge is 0.417 e. The van der Waals surface area contributed by atoms with Gasteiger partial charge in [0.1, 0.15) is 0 Å². The van der Waals surface area contributed by atoms with Crippen molar-refractivity contribution in [3.05, 3.63) is 34.9 Å². The van der Waals surface area contributed by atoms with E-state index in [0.717, 1.165) is 25.3 Å². The van der Waals surface area contributed by atoms with Crippen LogP contribution in [0.3, 0.4) is 0 Å². The summed E-state index contributed by atoms with van der Waals surface area (Å²) in [6.45, 7) is 2.23. The Bertz CT molecular complexity index is 894. The Morgan fingerprint density at radius 1 is 1.23 bits per heavy atom. The first-order valence-electron chi connectivity index (χ1n) is 10.1. The lowest BCUT2D eigenvalue weighted by molar-refractivity contribution is -0.137. The van der Waals surface area contributed by atoms with Crippen molar-refractivity contribution in [3.8, 4) is 6.07 Å². The number of hydrogen-bond donors (Lipinski definition) is 1. The van der Waals surface area contributed by atoms with Gasteiger partial charge in [0.05, 0.1) is 22.7 Å². The van der Waals surface area contributed by atoms with E-state index in [4.69, 9.17) is 5.26 Å². The molecule has 3 aliphatic rings. The molecule has 3 heterocycles. The molecular formula is C21H23F3N4O2. The molecule has 0 radical (unpaired) electrons. The molecule has 30 heavy (non-hydrogen) atoms. The molecule has 1 aromatic rings. The number of carbonyl (C=O) groups excluding carboxylic acids is 2. The van der Waals surface area contributed by atoms with E-state index in [1.165, 1.54) is 6.07 Å². The second kappa shape index (κ2) is 7.49. The maximum absolute atomic E-state index is 13.2. The predicted octanol–water partition coefficient (Wildman–Crippen LogP) is 2.92. The van der Waals surface area contributed by atoms with Crippen LogP contribution in [0.5, 0.6) is 0 Å². The number of halogens is 3. The molecule has 0 bridgehead atoms. The van der Waals surface area contributed by atoms with E-state index in [1.54, 1.807) is 21.9 Å². The van der Waals surface area contributed by atoms with Gasteiger partial charge >= 0.3 is 12.2 Å². The first-order valence-corrected chi connectivity index (χ1v) is 10.1. The van der Waals surface area contributed by atoms with Crippen molar-refractivity contribution < 1.29 is 22.8 Å². The van der Waals surface area contributed by atoms with Crippen molar-refractivity contribution in [1.29, 1.82) is 5.26 Å². The van der Waals surface area contributed by atoms with Crippen LogP contribution in [0.15, 0.2) is 18.2 Å². The molecule has 1 N–H and O–H groups in total. The second-order valence-electron chi connectivity index (χ2n) is 8.59. The van der Waals surface area contributed by atoms with Gasteiger partial charge in [0.2, 0.25) is 5.91 Å². The molecule has 0 saturated carbocycles. The molecule has 3 amide bonds. The monoisotopic (exact) mass is 420 g/mol. The number of amides is 3. The van der Waals surface area contributed by atoms with E-state index >= 15 is 0 Å². The van der Waals surface area contributed by atoms with Gasteiger partial charge in [-0.1, -0.05) is 6.07 Å². The molecule has 9 heteroatoms. The van der Waals surface area contributed by atoms with Crippen LogP contribution in [0, 0.1) is 17.2 Å². The van der Waals surface area contributed by atoms with Gasteiger partial charge in [0.25, 0.3) is 0 Å². The summed E-state index contributed by atoms with van der Waals surface area (Å²) in [7, 11) is 0. The minimum Gasteiger partial charge on any atom is -0.347 e. The summed E-state index contributed by atoms with van der Waals surface area (Å²) in [4.78, 5) is 27.6. The average Bonchev–Trinajstić information content (AvgIpc) is 3.08. The van der Waals surface area contributed by atoms with Crippen molar-refractivity contribution in [3.63, 3.8) is 0 Å². The third-order valence-corrected chi connectivity index (χ3v) is 6.41.